The molecule has 11 heteroatoms. The normalized spacial score (nSPS) is 20.2. The van der Waals surface area contributed by atoms with Crippen LogP contribution in [-0.4, -0.2) is 76.0 Å². The van der Waals surface area contributed by atoms with Crippen molar-refractivity contribution < 1.29 is 28.6 Å². The fourth-order valence-corrected chi connectivity index (χ4v) is 5.13. The maximum Gasteiger partial charge on any atom is 0.338 e. The van der Waals surface area contributed by atoms with Crippen LogP contribution in [0.5, 0.6) is 11.5 Å². The highest BCUT2D eigenvalue weighted by molar-refractivity contribution is 6.18. The van der Waals surface area contributed by atoms with E-state index < -0.39 is 18.2 Å². The summed E-state index contributed by atoms with van der Waals surface area (Å²) in [5, 5.41) is 4.04. The molecule has 11 nitrogen and oxygen atoms in total. The largest absolute Gasteiger partial charge is 0.467 e. The molecule has 2 aromatic carbocycles. The zero-order chi connectivity index (χ0) is 28.3. The standard InChI is InChI=1S/C30H29N5O6/c1-39-30(38)26-25(41-26)29(37)35-14-6-5-7-19(16-35)34-28-23-22(15-31-27(23)32-17-33-28)24(36)18-10-12-21(13-11-18)40-20-8-3-2-4-9-20/h2-4,8-13,15,17,19,25-26H,5-7,14,16H2,1H3,(H2,31,32,33,34). The SMILES string of the molecule is COC(=O)C1OC1C(=O)N1CCCCC(Nc2ncnc3[nH]cc(C(=O)c4ccc(Oc5ccccc5)cc4)c23)C1. The van der Waals surface area contributed by atoms with Crippen LogP contribution in [0.4, 0.5) is 5.82 Å². The van der Waals surface area contributed by atoms with E-state index in [-0.39, 0.29) is 17.7 Å². The topological polar surface area (TPSA) is 139 Å². The van der Waals surface area contributed by atoms with Crippen molar-refractivity contribution in [2.75, 3.05) is 25.5 Å². The molecule has 3 atom stereocenters. The number of likely N-dealkylation sites (tertiary alicyclic amines) is 1. The Bertz CT molecular complexity index is 1570. The van der Waals surface area contributed by atoms with Crippen LogP contribution < -0.4 is 10.1 Å². The monoisotopic (exact) mass is 555 g/mol. The number of hydrogen-bond acceptors (Lipinski definition) is 9. The first-order valence-electron chi connectivity index (χ1n) is 13.5. The summed E-state index contributed by atoms with van der Waals surface area (Å²) in [4.78, 5) is 51.9. The molecule has 41 heavy (non-hydrogen) atoms. The van der Waals surface area contributed by atoms with Crippen molar-refractivity contribution in [1.82, 2.24) is 19.9 Å². The molecule has 0 radical (unpaired) electrons. The Morgan fingerprint density at radius 2 is 1.78 bits per heavy atom. The van der Waals surface area contributed by atoms with Gasteiger partial charge in [-0.3, -0.25) is 9.59 Å². The minimum atomic E-state index is -0.837. The van der Waals surface area contributed by atoms with Crippen molar-refractivity contribution in [3.8, 4) is 11.5 Å². The van der Waals surface area contributed by atoms with Crippen LogP contribution >= 0.6 is 0 Å². The number of methoxy groups -OCH3 is 1. The summed E-state index contributed by atoms with van der Waals surface area (Å²) in [7, 11) is 1.27. The number of nitrogens with zero attached hydrogens (tertiary/aromatic N) is 3. The molecule has 0 spiro atoms. The van der Waals surface area contributed by atoms with Gasteiger partial charge in [0.05, 0.1) is 18.1 Å². The van der Waals surface area contributed by atoms with Crippen molar-refractivity contribution >= 4 is 34.5 Å². The number of amides is 1. The number of carbonyl (C=O) groups is 3. The summed E-state index contributed by atoms with van der Waals surface area (Å²) in [5.41, 5.74) is 1.47. The molecule has 4 aromatic rings. The van der Waals surface area contributed by atoms with Gasteiger partial charge in [-0.1, -0.05) is 18.2 Å². The number of epoxide rings is 1. The zero-order valence-electron chi connectivity index (χ0n) is 22.4. The molecule has 0 saturated carbocycles. The van der Waals surface area contributed by atoms with Crippen molar-refractivity contribution in [1.29, 1.82) is 0 Å². The van der Waals surface area contributed by atoms with Crippen LogP contribution in [-0.2, 0) is 19.1 Å². The fraction of sp³-hybridized carbons (Fsp3) is 0.300. The average Bonchev–Trinajstić information content (AvgIpc) is 3.74. The van der Waals surface area contributed by atoms with Gasteiger partial charge in [0.2, 0.25) is 0 Å². The number of aromatic nitrogens is 3. The van der Waals surface area contributed by atoms with Gasteiger partial charge in [0, 0.05) is 30.9 Å². The van der Waals surface area contributed by atoms with E-state index in [1.807, 2.05) is 30.3 Å². The Balaban J connectivity index is 1.19. The third-order valence-corrected chi connectivity index (χ3v) is 7.30. The predicted molar refractivity (Wildman–Crippen MR) is 149 cm³/mol. The first kappa shape index (κ1) is 26.5. The summed E-state index contributed by atoms with van der Waals surface area (Å²) in [5.74, 6) is 0.899. The summed E-state index contributed by atoms with van der Waals surface area (Å²) >= 11 is 0. The van der Waals surface area contributed by atoms with E-state index in [9.17, 15) is 14.4 Å². The molecule has 6 rings (SSSR count). The highest BCUT2D eigenvalue weighted by Crippen LogP contribution is 2.30. The lowest BCUT2D eigenvalue weighted by Crippen LogP contribution is -2.42. The summed E-state index contributed by atoms with van der Waals surface area (Å²) in [6.07, 6.45) is 3.97. The quantitative estimate of drug-likeness (QED) is 0.189. The molecule has 2 aromatic heterocycles. The first-order valence-corrected chi connectivity index (χ1v) is 13.5. The lowest BCUT2D eigenvalue weighted by molar-refractivity contribution is -0.142. The number of aromatic amines is 1. The minimum absolute atomic E-state index is 0.123. The van der Waals surface area contributed by atoms with E-state index in [0.717, 1.165) is 19.3 Å². The van der Waals surface area contributed by atoms with Gasteiger partial charge in [0.25, 0.3) is 5.91 Å². The molecule has 210 valence electrons. The second-order valence-corrected chi connectivity index (χ2v) is 10.0. The van der Waals surface area contributed by atoms with Crippen LogP contribution in [0.2, 0.25) is 0 Å². The number of benzene rings is 2. The molecule has 1 amide bonds. The van der Waals surface area contributed by atoms with Gasteiger partial charge in [-0.15, -0.1) is 0 Å². The summed E-state index contributed by atoms with van der Waals surface area (Å²) in [6.45, 7) is 0.983. The van der Waals surface area contributed by atoms with Crippen molar-refractivity contribution in [3.05, 3.63) is 78.2 Å². The number of anilines is 1. The Kier molecular flexibility index (Phi) is 7.34. The Morgan fingerprint density at radius 1 is 1.00 bits per heavy atom. The minimum Gasteiger partial charge on any atom is -0.467 e. The van der Waals surface area contributed by atoms with Gasteiger partial charge < -0.3 is 29.4 Å². The molecule has 0 aliphatic carbocycles. The number of rotatable bonds is 8. The smallest absolute Gasteiger partial charge is 0.338 e. The molecule has 2 fully saturated rings. The van der Waals surface area contributed by atoms with Crippen LogP contribution in [0.1, 0.15) is 35.2 Å². The molecular formula is C30H29N5O6. The van der Waals surface area contributed by atoms with E-state index >= 15 is 0 Å². The second-order valence-electron chi connectivity index (χ2n) is 10.0. The average molecular weight is 556 g/mol. The third-order valence-electron chi connectivity index (χ3n) is 7.30. The fourth-order valence-electron chi connectivity index (χ4n) is 5.13. The van der Waals surface area contributed by atoms with Crippen LogP contribution in [0, 0.1) is 0 Å². The maximum absolute atomic E-state index is 13.6. The summed E-state index contributed by atoms with van der Waals surface area (Å²) < 4.78 is 15.8. The Labute approximate surface area is 235 Å². The van der Waals surface area contributed by atoms with E-state index in [4.69, 9.17) is 14.2 Å². The van der Waals surface area contributed by atoms with E-state index in [2.05, 4.69) is 20.3 Å². The Morgan fingerprint density at radius 3 is 2.56 bits per heavy atom. The molecule has 2 saturated heterocycles. The Hall–Kier alpha value is -4.77. The van der Waals surface area contributed by atoms with E-state index in [0.29, 0.717) is 52.6 Å². The van der Waals surface area contributed by atoms with Gasteiger partial charge in [0.15, 0.2) is 18.0 Å². The number of para-hydroxylation sites is 1. The first-order chi connectivity index (χ1) is 20.0. The lowest BCUT2D eigenvalue weighted by atomic mass is 10.0. The number of ketones is 1. The highest BCUT2D eigenvalue weighted by Gasteiger charge is 2.53. The number of carbonyl (C=O) groups excluding carboxylic acids is 3. The van der Waals surface area contributed by atoms with Crippen molar-refractivity contribution in [3.63, 3.8) is 0 Å². The summed E-state index contributed by atoms with van der Waals surface area (Å²) in [6, 6.07) is 16.3. The van der Waals surface area contributed by atoms with Gasteiger partial charge in [-0.25, -0.2) is 14.8 Å². The van der Waals surface area contributed by atoms with E-state index in [1.165, 1.54) is 13.4 Å². The number of esters is 1. The molecule has 4 heterocycles. The maximum atomic E-state index is 13.6. The van der Waals surface area contributed by atoms with Crippen LogP contribution in [0.3, 0.4) is 0 Å². The lowest BCUT2D eigenvalue weighted by Gasteiger charge is -2.25. The number of ether oxygens (including phenoxy) is 3. The van der Waals surface area contributed by atoms with E-state index in [1.54, 1.807) is 35.4 Å². The third kappa shape index (κ3) is 5.62. The number of H-pyrrole nitrogens is 1. The predicted octanol–water partition coefficient (Wildman–Crippen LogP) is 3.71. The van der Waals surface area contributed by atoms with Crippen LogP contribution in [0.15, 0.2) is 67.1 Å². The van der Waals surface area contributed by atoms with Gasteiger partial charge in [-0.05, 0) is 55.7 Å². The molecular weight excluding hydrogens is 526 g/mol. The molecule has 3 unspecified atom stereocenters. The molecule has 2 N–H and O–H groups in total. The molecule has 2 aliphatic heterocycles. The number of hydrogen-bond donors (Lipinski definition) is 2. The number of nitrogens with one attached hydrogen (secondary N) is 2. The van der Waals surface area contributed by atoms with Gasteiger partial charge >= 0.3 is 5.97 Å². The molecule has 0 bridgehead atoms. The second kappa shape index (κ2) is 11.4. The van der Waals surface area contributed by atoms with Gasteiger partial charge in [-0.2, -0.15) is 0 Å². The number of fused-ring (bicyclic) bond motifs is 1. The molecule has 2 aliphatic rings. The zero-order valence-corrected chi connectivity index (χ0v) is 22.4. The van der Waals surface area contributed by atoms with Crippen molar-refractivity contribution in [2.24, 2.45) is 0 Å². The van der Waals surface area contributed by atoms with Gasteiger partial charge in [0.1, 0.15) is 29.3 Å². The highest BCUT2D eigenvalue weighted by atomic mass is 16.6. The van der Waals surface area contributed by atoms with Crippen molar-refractivity contribution in [2.45, 2.75) is 37.5 Å². The van der Waals surface area contributed by atoms with Crippen LogP contribution in [0.25, 0.3) is 11.0 Å².